The molecule has 1 aliphatic heterocycles. The minimum absolute atomic E-state index is 0.0158. The van der Waals surface area contributed by atoms with Crippen LogP contribution in [0.15, 0.2) is 0 Å². The number of carbonyl (C=O) groups excluding carboxylic acids is 1. The van der Waals surface area contributed by atoms with E-state index in [0.717, 1.165) is 44.8 Å². The molecule has 0 unspecified atom stereocenters. The maximum atomic E-state index is 11.5. The van der Waals surface area contributed by atoms with Crippen LogP contribution < -0.4 is 5.32 Å². The maximum Gasteiger partial charge on any atom is 0.308 e. The van der Waals surface area contributed by atoms with Crippen LogP contribution in [-0.4, -0.2) is 50.2 Å². The molecule has 0 bridgehead atoms. The van der Waals surface area contributed by atoms with E-state index in [-0.39, 0.29) is 11.9 Å². The Labute approximate surface area is 110 Å². The fourth-order valence-corrected chi connectivity index (χ4v) is 3.40. The third-order valence-corrected chi connectivity index (χ3v) is 4.69. The van der Waals surface area contributed by atoms with Crippen molar-refractivity contribution in [2.45, 2.75) is 50.6 Å². The van der Waals surface area contributed by atoms with Gasteiger partial charge >= 0.3 is 5.97 Å². The molecule has 0 aromatic heterocycles. The minimum Gasteiger partial charge on any atom is -0.469 e. The Morgan fingerprint density at radius 3 is 2.17 bits per heavy atom. The third kappa shape index (κ3) is 3.23. The van der Waals surface area contributed by atoms with Crippen molar-refractivity contribution in [1.82, 2.24) is 10.2 Å². The molecule has 0 amide bonds. The van der Waals surface area contributed by atoms with Gasteiger partial charge in [-0.05, 0) is 58.7 Å². The number of ether oxygens (including phenoxy) is 1. The van der Waals surface area contributed by atoms with Gasteiger partial charge in [0.1, 0.15) is 0 Å². The predicted molar refractivity (Wildman–Crippen MR) is 71.4 cm³/mol. The number of hydrogen-bond acceptors (Lipinski definition) is 4. The molecular weight excluding hydrogens is 228 g/mol. The van der Waals surface area contributed by atoms with E-state index in [1.807, 2.05) is 0 Å². The van der Waals surface area contributed by atoms with E-state index in [2.05, 4.69) is 17.3 Å². The highest BCUT2D eigenvalue weighted by Gasteiger charge is 2.31. The van der Waals surface area contributed by atoms with Gasteiger partial charge < -0.3 is 15.0 Å². The Balaban J connectivity index is 1.79. The molecule has 1 heterocycles. The molecule has 0 aromatic carbocycles. The van der Waals surface area contributed by atoms with Gasteiger partial charge in [-0.25, -0.2) is 0 Å². The minimum atomic E-state index is -0.0158. The van der Waals surface area contributed by atoms with Gasteiger partial charge in [0.15, 0.2) is 0 Å². The van der Waals surface area contributed by atoms with Gasteiger partial charge in [-0.1, -0.05) is 0 Å². The summed E-state index contributed by atoms with van der Waals surface area (Å²) in [6.45, 7) is 2.29. The molecule has 1 N–H and O–H groups in total. The lowest BCUT2D eigenvalue weighted by atomic mass is 9.84. The number of esters is 1. The Hall–Kier alpha value is -0.610. The summed E-state index contributed by atoms with van der Waals surface area (Å²) in [4.78, 5) is 14.1. The average Bonchev–Trinajstić information content (AvgIpc) is 2.47. The zero-order valence-corrected chi connectivity index (χ0v) is 11.7. The molecule has 2 fully saturated rings. The van der Waals surface area contributed by atoms with Crippen molar-refractivity contribution in [1.29, 1.82) is 0 Å². The molecule has 0 radical (unpaired) electrons. The maximum absolute atomic E-state index is 11.5. The molecule has 18 heavy (non-hydrogen) atoms. The highest BCUT2D eigenvalue weighted by Crippen LogP contribution is 2.29. The van der Waals surface area contributed by atoms with Gasteiger partial charge in [0.25, 0.3) is 0 Å². The second-order valence-corrected chi connectivity index (χ2v) is 5.68. The summed E-state index contributed by atoms with van der Waals surface area (Å²) in [5.41, 5.74) is 0. The van der Waals surface area contributed by atoms with Gasteiger partial charge in [0, 0.05) is 12.1 Å². The number of nitrogens with zero attached hydrogens (tertiary/aromatic N) is 1. The first-order valence-corrected chi connectivity index (χ1v) is 7.23. The first-order chi connectivity index (χ1) is 8.72. The van der Waals surface area contributed by atoms with Crippen molar-refractivity contribution < 1.29 is 9.53 Å². The number of methoxy groups -OCH3 is 1. The molecular formula is C14H26N2O2. The predicted octanol–water partition coefficient (Wildman–Crippen LogP) is 1.40. The van der Waals surface area contributed by atoms with Crippen LogP contribution in [0.1, 0.15) is 38.5 Å². The molecule has 1 aliphatic carbocycles. The average molecular weight is 254 g/mol. The summed E-state index contributed by atoms with van der Waals surface area (Å²) in [5, 5.41) is 3.41. The first kappa shape index (κ1) is 13.8. The number of hydrogen-bond donors (Lipinski definition) is 1. The van der Waals surface area contributed by atoms with Gasteiger partial charge in [-0.3, -0.25) is 4.79 Å². The SMILES string of the molecule is COC(=O)C1CCC(N(C)C2CCNCC2)CC1. The molecule has 0 atom stereocenters. The van der Waals surface area contributed by atoms with E-state index < -0.39 is 0 Å². The van der Waals surface area contributed by atoms with Crippen molar-refractivity contribution in [3.8, 4) is 0 Å². The quantitative estimate of drug-likeness (QED) is 0.773. The van der Waals surface area contributed by atoms with E-state index in [1.165, 1.54) is 20.0 Å². The number of nitrogens with one attached hydrogen (secondary N) is 1. The fourth-order valence-electron chi connectivity index (χ4n) is 3.40. The van der Waals surface area contributed by atoms with Gasteiger partial charge in [-0.15, -0.1) is 0 Å². The van der Waals surface area contributed by atoms with Crippen molar-refractivity contribution in [3.05, 3.63) is 0 Å². The lowest BCUT2D eigenvalue weighted by molar-refractivity contribution is -0.147. The van der Waals surface area contributed by atoms with Crippen LogP contribution >= 0.6 is 0 Å². The topological polar surface area (TPSA) is 41.6 Å². The van der Waals surface area contributed by atoms with Crippen molar-refractivity contribution in [2.24, 2.45) is 5.92 Å². The fraction of sp³-hybridized carbons (Fsp3) is 0.929. The van der Waals surface area contributed by atoms with E-state index in [9.17, 15) is 4.79 Å². The van der Waals surface area contributed by atoms with Crippen LogP contribution in [0, 0.1) is 5.92 Å². The third-order valence-electron chi connectivity index (χ3n) is 4.69. The van der Waals surface area contributed by atoms with Crippen LogP contribution in [0.2, 0.25) is 0 Å². The van der Waals surface area contributed by atoms with E-state index in [0.29, 0.717) is 6.04 Å². The standard InChI is InChI=1S/C14H26N2O2/c1-16(13-7-9-15-10-8-13)12-5-3-11(4-6-12)14(17)18-2/h11-13,15H,3-10H2,1-2H3. The molecule has 104 valence electrons. The molecule has 1 saturated heterocycles. The normalized spacial score (nSPS) is 30.4. The van der Waals surface area contributed by atoms with Crippen LogP contribution in [0.25, 0.3) is 0 Å². The van der Waals surface area contributed by atoms with E-state index in [1.54, 1.807) is 0 Å². The first-order valence-electron chi connectivity index (χ1n) is 7.23. The van der Waals surface area contributed by atoms with Crippen LogP contribution in [-0.2, 0) is 9.53 Å². The molecule has 1 saturated carbocycles. The summed E-state index contributed by atoms with van der Waals surface area (Å²) in [5.74, 6) is 0.130. The molecule has 0 spiro atoms. The van der Waals surface area contributed by atoms with E-state index >= 15 is 0 Å². The van der Waals surface area contributed by atoms with Crippen molar-refractivity contribution in [3.63, 3.8) is 0 Å². The Bertz CT molecular complexity index is 269. The summed E-state index contributed by atoms with van der Waals surface area (Å²) in [6, 6.07) is 1.39. The van der Waals surface area contributed by atoms with Gasteiger partial charge in [0.05, 0.1) is 13.0 Å². The lowest BCUT2D eigenvalue weighted by Crippen LogP contribution is -2.47. The summed E-state index contributed by atoms with van der Waals surface area (Å²) in [7, 11) is 3.76. The Morgan fingerprint density at radius 2 is 1.61 bits per heavy atom. The monoisotopic (exact) mass is 254 g/mol. The summed E-state index contributed by atoms with van der Waals surface area (Å²) in [6.07, 6.45) is 6.78. The smallest absolute Gasteiger partial charge is 0.308 e. The van der Waals surface area contributed by atoms with Gasteiger partial charge in [0.2, 0.25) is 0 Å². The summed E-state index contributed by atoms with van der Waals surface area (Å²) < 4.78 is 4.84. The van der Waals surface area contributed by atoms with Crippen LogP contribution in [0.3, 0.4) is 0 Å². The second-order valence-electron chi connectivity index (χ2n) is 5.68. The Morgan fingerprint density at radius 1 is 1.06 bits per heavy atom. The number of carbonyl (C=O) groups is 1. The zero-order valence-electron chi connectivity index (χ0n) is 11.7. The van der Waals surface area contributed by atoms with Crippen LogP contribution in [0.5, 0.6) is 0 Å². The molecule has 0 aromatic rings. The van der Waals surface area contributed by atoms with Crippen molar-refractivity contribution >= 4 is 5.97 Å². The second kappa shape index (κ2) is 6.53. The van der Waals surface area contributed by atoms with Crippen LogP contribution in [0.4, 0.5) is 0 Å². The summed E-state index contributed by atoms with van der Waals surface area (Å²) >= 11 is 0. The zero-order chi connectivity index (χ0) is 13.0. The number of piperidine rings is 1. The van der Waals surface area contributed by atoms with Gasteiger partial charge in [-0.2, -0.15) is 0 Å². The molecule has 2 aliphatic rings. The van der Waals surface area contributed by atoms with Crippen molar-refractivity contribution in [2.75, 3.05) is 27.2 Å². The molecule has 2 rings (SSSR count). The largest absolute Gasteiger partial charge is 0.469 e. The number of rotatable bonds is 3. The lowest BCUT2D eigenvalue weighted by Gasteiger charge is -2.40. The highest BCUT2D eigenvalue weighted by molar-refractivity contribution is 5.72. The highest BCUT2D eigenvalue weighted by atomic mass is 16.5. The molecule has 4 nitrogen and oxygen atoms in total. The van der Waals surface area contributed by atoms with E-state index in [4.69, 9.17) is 4.74 Å². The molecule has 4 heteroatoms. The Kier molecular flexibility index (Phi) is 5.01.